The third-order valence-corrected chi connectivity index (χ3v) is 2.85. The van der Waals surface area contributed by atoms with Gasteiger partial charge in [-0.05, 0) is 31.0 Å². The van der Waals surface area contributed by atoms with Gasteiger partial charge in [0, 0.05) is 0 Å². The van der Waals surface area contributed by atoms with Gasteiger partial charge < -0.3 is 10.5 Å². The molecule has 0 aliphatic rings. The summed E-state index contributed by atoms with van der Waals surface area (Å²) in [5.74, 6) is 0.333. The SMILES string of the molecule is CCCC(CCC)Oc1ccc(C(F)(F)F)cc1N. The van der Waals surface area contributed by atoms with Crippen molar-refractivity contribution in [3.05, 3.63) is 23.8 Å². The number of benzene rings is 1. The van der Waals surface area contributed by atoms with Crippen LogP contribution < -0.4 is 10.5 Å². The minimum Gasteiger partial charge on any atom is -0.488 e. The first-order chi connectivity index (χ1) is 8.88. The van der Waals surface area contributed by atoms with E-state index in [2.05, 4.69) is 0 Å². The minimum atomic E-state index is -4.38. The van der Waals surface area contributed by atoms with E-state index >= 15 is 0 Å². The lowest BCUT2D eigenvalue weighted by Crippen LogP contribution is -2.17. The Morgan fingerprint density at radius 2 is 1.74 bits per heavy atom. The molecular weight excluding hydrogens is 255 g/mol. The number of halogens is 3. The van der Waals surface area contributed by atoms with E-state index < -0.39 is 11.7 Å². The third kappa shape index (κ3) is 4.65. The number of anilines is 1. The van der Waals surface area contributed by atoms with Crippen LogP contribution in [-0.4, -0.2) is 6.10 Å². The Kier molecular flexibility index (Phi) is 5.51. The van der Waals surface area contributed by atoms with E-state index in [4.69, 9.17) is 10.5 Å². The topological polar surface area (TPSA) is 35.2 Å². The van der Waals surface area contributed by atoms with Gasteiger partial charge in [-0.1, -0.05) is 26.7 Å². The Balaban J connectivity index is 2.84. The Morgan fingerprint density at radius 3 is 2.16 bits per heavy atom. The van der Waals surface area contributed by atoms with E-state index in [-0.39, 0.29) is 11.8 Å². The van der Waals surface area contributed by atoms with Crippen LogP contribution >= 0.6 is 0 Å². The zero-order valence-electron chi connectivity index (χ0n) is 11.3. The molecule has 0 spiro atoms. The molecule has 108 valence electrons. The molecule has 0 aromatic heterocycles. The van der Waals surface area contributed by atoms with Crippen molar-refractivity contribution in [2.24, 2.45) is 0 Å². The number of hydrogen-bond acceptors (Lipinski definition) is 2. The number of ether oxygens (including phenoxy) is 1. The average molecular weight is 275 g/mol. The summed E-state index contributed by atoms with van der Waals surface area (Å²) in [6.07, 6.45) is -0.702. The van der Waals surface area contributed by atoms with Gasteiger partial charge in [-0.25, -0.2) is 0 Å². The fourth-order valence-electron chi connectivity index (χ4n) is 1.92. The molecule has 0 bridgehead atoms. The van der Waals surface area contributed by atoms with Crippen molar-refractivity contribution in [2.45, 2.75) is 51.8 Å². The Labute approximate surface area is 111 Å². The van der Waals surface area contributed by atoms with Gasteiger partial charge in [-0.15, -0.1) is 0 Å². The van der Waals surface area contributed by atoms with Crippen molar-refractivity contribution in [3.63, 3.8) is 0 Å². The molecule has 19 heavy (non-hydrogen) atoms. The third-order valence-electron chi connectivity index (χ3n) is 2.85. The molecule has 0 saturated heterocycles. The first kappa shape index (κ1) is 15.7. The number of alkyl halides is 3. The average Bonchev–Trinajstić information content (AvgIpc) is 2.31. The van der Waals surface area contributed by atoms with E-state index in [1.54, 1.807) is 0 Å². The van der Waals surface area contributed by atoms with Crippen LogP contribution in [0.2, 0.25) is 0 Å². The number of hydrogen-bond donors (Lipinski definition) is 1. The van der Waals surface area contributed by atoms with E-state index in [0.717, 1.165) is 37.8 Å². The van der Waals surface area contributed by atoms with Crippen molar-refractivity contribution >= 4 is 5.69 Å². The van der Waals surface area contributed by atoms with Crippen molar-refractivity contribution < 1.29 is 17.9 Å². The summed E-state index contributed by atoms with van der Waals surface area (Å²) in [7, 11) is 0. The molecule has 0 aliphatic carbocycles. The van der Waals surface area contributed by atoms with E-state index in [9.17, 15) is 13.2 Å². The maximum atomic E-state index is 12.5. The fourth-order valence-corrected chi connectivity index (χ4v) is 1.92. The molecule has 0 fully saturated rings. The lowest BCUT2D eigenvalue weighted by atomic mass is 10.1. The van der Waals surface area contributed by atoms with Crippen LogP contribution in [0.15, 0.2) is 18.2 Å². The highest BCUT2D eigenvalue weighted by molar-refractivity contribution is 5.54. The predicted octanol–water partition coefficient (Wildman–Crippen LogP) is 4.64. The quantitative estimate of drug-likeness (QED) is 0.768. The molecule has 0 unspecified atom stereocenters. The first-order valence-corrected chi connectivity index (χ1v) is 6.51. The van der Waals surface area contributed by atoms with Crippen LogP contribution in [0, 0.1) is 0 Å². The van der Waals surface area contributed by atoms with Gasteiger partial charge in [0.15, 0.2) is 0 Å². The molecule has 2 N–H and O–H groups in total. The second kappa shape index (κ2) is 6.68. The highest BCUT2D eigenvalue weighted by Gasteiger charge is 2.31. The summed E-state index contributed by atoms with van der Waals surface area (Å²) in [5.41, 5.74) is 4.92. The molecule has 1 aromatic carbocycles. The van der Waals surface area contributed by atoms with Gasteiger partial charge >= 0.3 is 6.18 Å². The number of rotatable bonds is 6. The number of nitrogen functional groups attached to an aromatic ring is 1. The largest absolute Gasteiger partial charge is 0.488 e. The van der Waals surface area contributed by atoms with Gasteiger partial charge in [-0.3, -0.25) is 0 Å². The van der Waals surface area contributed by atoms with E-state index in [1.807, 2.05) is 13.8 Å². The van der Waals surface area contributed by atoms with E-state index in [1.165, 1.54) is 6.07 Å². The Hall–Kier alpha value is -1.39. The molecular formula is C14H20F3NO. The zero-order chi connectivity index (χ0) is 14.5. The summed E-state index contributed by atoms with van der Waals surface area (Å²) in [6, 6.07) is 3.22. The van der Waals surface area contributed by atoms with Crippen molar-refractivity contribution in [2.75, 3.05) is 5.73 Å². The van der Waals surface area contributed by atoms with Gasteiger partial charge in [0.05, 0.1) is 17.4 Å². The molecule has 0 amide bonds. The van der Waals surface area contributed by atoms with E-state index in [0.29, 0.717) is 5.75 Å². The van der Waals surface area contributed by atoms with Gasteiger partial charge in [0.2, 0.25) is 0 Å². The molecule has 1 aromatic rings. The minimum absolute atomic E-state index is 0.00837. The van der Waals surface area contributed by atoms with Crippen LogP contribution in [0.25, 0.3) is 0 Å². The van der Waals surface area contributed by atoms with Crippen molar-refractivity contribution in [3.8, 4) is 5.75 Å². The summed E-state index contributed by atoms with van der Waals surface area (Å²) in [6.45, 7) is 4.09. The normalized spacial score (nSPS) is 11.9. The Morgan fingerprint density at radius 1 is 1.16 bits per heavy atom. The summed E-state index contributed by atoms with van der Waals surface area (Å²) in [4.78, 5) is 0. The van der Waals surface area contributed by atoms with Crippen LogP contribution in [-0.2, 0) is 6.18 Å². The maximum Gasteiger partial charge on any atom is 0.416 e. The molecule has 0 heterocycles. The molecule has 0 radical (unpaired) electrons. The van der Waals surface area contributed by atoms with Gasteiger partial charge in [-0.2, -0.15) is 13.2 Å². The summed E-state index contributed by atoms with van der Waals surface area (Å²) in [5, 5.41) is 0. The monoisotopic (exact) mass is 275 g/mol. The lowest BCUT2D eigenvalue weighted by Gasteiger charge is -2.19. The Bertz CT molecular complexity index is 398. The molecule has 1 rings (SSSR count). The smallest absolute Gasteiger partial charge is 0.416 e. The summed E-state index contributed by atoms with van der Waals surface area (Å²) < 4.78 is 43.2. The second-order valence-corrected chi connectivity index (χ2v) is 4.57. The molecule has 2 nitrogen and oxygen atoms in total. The van der Waals surface area contributed by atoms with Crippen LogP contribution in [0.5, 0.6) is 5.75 Å². The number of nitrogens with two attached hydrogens (primary N) is 1. The van der Waals surface area contributed by atoms with Crippen LogP contribution in [0.1, 0.15) is 45.1 Å². The highest BCUT2D eigenvalue weighted by Crippen LogP contribution is 2.34. The van der Waals surface area contributed by atoms with Crippen molar-refractivity contribution in [1.82, 2.24) is 0 Å². The van der Waals surface area contributed by atoms with Gasteiger partial charge in [0.25, 0.3) is 0 Å². The standard InChI is InChI=1S/C14H20F3NO/c1-3-5-11(6-4-2)19-13-8-7-10(9-12(13)18)14(15,16)17/h7-9,11H,3-6,18H2,1-2H3. The highest BCUT2D eigenvalue weighted by atomic mass is 19.4. The molecule has 0 aliphatic heterocycles. The lowest BCUT2D eigenvalue weighted by molar-refractivity contribution is -0.137. The zero-order valence-corrected chi connectivity index (χ0v) is 11.3. The molecule has 0 saturated carbocycles. The van der Waals surface area contributed by atoms with Crippen molar-refractivity contribution in [1.29, 1.82) is 0 Å². The second-order valence-electron chi connectivity index (χ2n) is 4.57. The fraction of sp³-hybridized carbons (Fsp3) is 0.571. The first-order valence-electron chi connectivity index (χ1n) is 6.51. The maximum absolute atomic E-state index is 12.5. The van der Waals surface area contributed by atoms with Crippen LogP contribution in [0.4, 0.5) is 18.9 Å². The predicted molar refractivity (Wildman–Crippen MR) is 70.1 cm³/mol. The van der Waals surface area contributed by atoms with Gasteiger partial charge in [0.1, 0.15) is 5.75 Å². The summed E-state index contributed by atoms with van der Waals surface area (Å²) >= 11 is 0. The molecule has 0 atom stereocenters. The molecule has 5 heteroatoms. The van der Waals surface area contributed by atoms with Crippen LogP contribution in [0.3, 0.4) is 0 Å².